The first-order valence-electron chi connectivity index (χ1n) is 7.85. The quantitative estimate of drug-likeness (QED) is 0.570. The highest BCUT2D eigenvalue weighted by Crippen LogP contribution is 2.47. The molecule has 0 bridgehead atoms. The second-order valence-corrected chi connectivity index (χ2v) is 5.93. The number of nitrogens with zero attached hydrogens (tertiary/aromatic N) is 2. The Morgan fingerprint density at radius 1 is 0.917 bits per heavy atom. The molecule has 2 aromatic carbocycles. The molecule has 0 amide bonds. The van der Waals surface area contributed by atoms with Gasteiger partial charge in [0.1, 0.15) is 12.1 Å². The molecule has 1 unspecified atom stereocenters. The molecule has 1 N–H and O–H groups in total. The Morgan fingerprint density at radius 3 is 2.62 bits per heavy atom. The molecular formula is C20H13N3O. The van der Waals surface area contributed by atoms with Gasteiger partial charge in [0.25, 0.3) is 0 Å². The molecule has 1 aliphatic rings. The van der Waals surface area contributed by atoms with E-state index in [1.165, 1.54) is 0 Å². The summed E-state index contributed by atoms with van der Waals surface area (Å²) in [7, 11) is 0. The number of H-pyrrole nitrogens is 1. The van der Waals surface area contributed by atoms with Gasteiger partial charge in [-0.15, -0.1) is 0 Å². The zero-order chi connectivity index (χ0) is 16.1. The fourth-order valence-corrected chi connectivity index (χ4v) is 3.61. The van der Waals surface area contributed by atoms with Crippen LogP contribution in [0.1, 0.15) is 17.0 Å². The van der Waals surface area contributed by atoms with E-state index >= 15 is 0 Å². The number of aldehydes is 1. The van der Waals surface area contributed by atoms with Crippen molar-refractivity contribution in [2.75, 3.05) is 0 Å². The van der Waals surface area contributed by atoms with Crippen LogP contribution in [0.15, 0.2) is 60.8 Å². The summed E-state index contributed by atoms with van der Waals surface area (Å²) in [5.74, 6) is 0.570. The predicted octanol–water partition coefficient (Wildman–Crippen LogP) is 3.94. The molecule has 1 atom stereocenters. The number of benzene rings is 2. The van der Waals surface area contributed by atoms with Crippen molar-refractivity contribution in [2.45, 2.75) is 5.92 Å². The van der Waals surface area contributed by atoms with Crippen molar-refractivity contribution in [1.29, 1.82) is 0 Å². The molecule has 4 heteroatoms. The van der Waals surface area contributed by atoms with Crippen LogP contribution in [0.3, 0.4) is 0 Å². The molecule has 0 aliphatic heterocycles. The van der Waals surface area contributed by atoms with Crippen molar-refractivity contribution >= 4 is 17.5 Å². The van der Waals surface area contributed by atoms with Crippen LogP contribution in [0.25, 0.3) is 33.7 Å². The van der Waals surface area contributed by atoms with Crippen molar-refractivity contribution < 1.29 is 4.79 Å². The summed E-state index contributed by atoms with van der Waals surface area (Å²) in [5, 5.41) is 0. The zero-order valence-corrected chi connectivity index (χ0v) is 12.7. The van der Waals surface area contributed by atoms with Crippen LogP contribution < -0.4 is 0 Å². The first-order chi connectivity index (χ1) is 11.9. The van der Waals surface area contributed by atoms with Gasteiger partial charge in [0, 0.05) is 11.8 Å². The third-order valence-corrected chi connectivity index (χ3v) is 4.65. The topological polar surface area (TPSA) is 58.6 Å². The summed E-state index contributed by atoms with van der Waals surface area (Å²) in [6, 6.07) is 18.0. The van der Waals surface area contributed by atoms with Crippen LogP contribution in [0, 0.1) is 0 Å². The molecule has 2 heterocycles. The number of pyridine rings is 1. The smallest absolute Gasteiger partial charge is 0.178 e. The Hall–Kier alpha value is -3.27. The molecule has 0 saturated carbocycles. The third kappa shape index (κ3) is 1.71. The number of rotatable bonds is 2. The number of hydrogen-bond donors (Lipinski definition) is 1. The monoisotopic (exact) mass is 311 g/mol. The fraction of sp³-hybridized carbons (Fsp3) is 0.0500. The standard InChI is InChI=1S/C20H13N3O/c24-11-16-12-5-1-2-6-13(12)18-14(16)7-3-8-15(18)19-22-17-9-4-10-21-20(17)23-19/h1-11,16H,(H,21,22,23). The van der Waals surface area contributed by atoms with Gasteiger partial charge in [0.2, 0.25) is 0 Å². The minimum Gasteiger partial charge on any atom is -0.337 e. The van der Waals surface area contributed by atoms with Gasteiger partial charge < -0.3 is 9.78 Å². The van der Waals surface area contributed by atoms with Crippen LogP contribution in [-0.4, -0.2) is 21.2 Å². The first-order valence-corrected chi connectivity index (χ1v) is 7.85. The minimum absolute atomic E-state index is 0.210. The largest absolute Gasteiger partial charge is 0.337 e. The van der Waals surface area contributed by atoms with Crippen LogP contribution in [0.5, 0.6) is 0 Å². The highest BCUT2D eigenvalue weighted by atomic mass is 16.1. The lowest BCUT2D eigenvalue weighted by Crippen LogP contribution is -1.97. The number of imidazole rings is 1. The van der Waals surface area contributed by atoms with Crippen LogP contribution in [0.2, 0.25) is 0 Å². The highest BCUT2D eigenvalue weighted by molar-refractivity contribution is 5.95. The minimum atomic E-state index is -0.210. The Labute approximate surface area is 138 Å². The second kappa shape index (κ2) is 4.86. The lowest BCUT2D eigenvalue weighted by Gasteiger charge is -2.08. The number of aromatic nitrogens is 3. The summed E-state index contributed by atoms with van der Waals surface area (Å²) in [5.41, 5.74) is 6.90. The van der Waals surface area contributed by atoms with Crippen molar-refractivity contribution in [2.24, 2.45) is 0 Å². The third-order valence-electron chi connectivity index (χ3n) is 4.65. The van der Waals surface area contributed by atoms with Crippen molar-refractivity contribution in [3.8, 4) is 22.5 Å². The molecule has 5 rings (SSSR count). The van der Waals surface area contributed by atoms with Gasteiger partial charge in [-0.3, -0.25) is 0 Å². The van der Waals surface area contributed by atoms with E-state index in [0.29, 0.717) is 5.65 Å². The number of aromatic amines is 1. The molecule has 0 fully saturated rings. The molecule has 0 spiro atoms. The number of carbonyl (C=O) groups excluding carboxylic acids is 1. The summed E-state index contributed by atoms with van der Waals surface area (Å²) >= 11 is 0. The molecular weight excluding hydrogens is 298 g/mol. The van der Waals surface area contributed by atoms with Gasteiger partial charge in [0.05, 0.1) is 11.4 Å². The maximum absolute atomic E-state index is 11.7. The Balaban J connectivity index is 1.82. The van der Waals surface area contributed by atoms with E-state index in [0.717, 1.165) is 45.4 Å². The number of nitrogens with one attached hydrogen (secondary N) is 1. The first kappa shape index (κ1) is 13.2. The van der Waals surface area contributed by atoms with E-state index < -0.39 is 0 Å². The van der Waals surface area contributed by atoms with Gasteiger partial charge in [-0.25, -0.2) is 9.97 Å². The van der Waals surface area contributed by atoms with Gasteiger partial charge in [-0.2, -0.15) is 0 Å². The summed E-state index contributed by atoms with van der Waals surface area (Å²) in [4.78, 5) is 24.0. The Morgan fingerprint density at radius 2 is 1.75 bits per heavy atom. The lowest BCUT2D eigenvalue weighted by atomic mass is 9.97. The van der Waals surface area contributed by atoms with E-state index in [1.807, 2.05) is 48.5 Å². The fourth-order valence-electron chi connectivity index (χ4n) is 3.61. The van der Waals surface area contributed by atoms with Gasteiger partial charge >= 0.3 is 0 Å². The average molecular weight is 311 g/mol. The Bertz CT molecular complexity index is 1060. The molecule has 0 saturated heterocycles. The van der Waals surface area contributed by atoms with Gasteiger partial charge in [-0.1, -0.05) is 42.5 Å². The van der Waals surface area contributed by atoms with Crippen LogP contribution >= 0.6 is 0 Å². The van der Waals surface area contributed by atoms with E-state index in [1.54, 1.807) is 6.20 Å². The zero-order valence-electron chi connectivity index (χ0n) is 12.7. The summed E-state index contributed by atoms with van der Waals surface area (Å²) < 4.78 is 0. The van der Waals surface area contributed by atoms with Crippen molar-refractivity contribution in [3.05, 3.63) is 71.9 Å². The highest BCUT2D eigenvalue weighted by Gasteiger charge is 2.30. The van der Waals surface area contributed by atoms with E-state index in [2.05, 4.69) is 21.0 Å². The maximum Gasteiger partial charge on any atom is 0.178 e. The van der Waals surface area contributed by atoms with Crippen molar-refractivity contribution in [1.82, 2.24) is 15.0 Å². The van der Waals surface area contributed by atoms with Crippen LogP contribution in [-0.2, 0) is 4.79 Å². The van der Waals surface area contributed by atoms with E-state index in [4.69, 9.17) is 0 Å². The second-order valence-electron chi connectivity index (χ2n) is 5.93. The van der Waals surface area contributed by atoms with Gasteiger partial charge in [-0.05, 0) is 34.4 Å². The molecule has 4 aromatic rings. The Kier molecular flexibility index (Phi) is 2.67. The summed E-state index contributed by atoms with van der Waals surface area (Å²) in [6.45, 7) is 0. The molecule has 2 aromatic heterocycles. The SMILES string of the molecule is O=CC1c2ccccc2-c2c(-c3nc4ncccc4[nH]3)cccc21. The normalized spacial score (nSPS) is 15.2. The lowest BCUT2D eigenvalue weighted by molar-refractivity contribution is -0.108. The predicted molar refractivity (Wildman–Crippen MR) is 92.7 cm³/mol. The van der Waals surface area contributed by atoms with Gasteiger partial charge in [0.15, 0.2) is 5.65 Å². The average Bonchev–Trinajstić information content (AvgIpc) is 3.20. The molecule has 24 heavy (non-hydrogen) atoms. The number of hydrogen-bond acceptors (Lipinski definition) is 3. The van der Waals surface area contributed by atoms with Crippen molar-refractivity contribution in [3.63, 3.8) is 0 Å². The number of fused-ring (bicyclic) bond motifs is 4. The van der Waals surface area contributed by atoms with E-state index in [9.17, 15) is 4.79 Å². The number of carbonyl (C=O) groups is 1. The summed E-state index contributed by atoms with van der Waals surface area (Å²) in [6.07, 6.45) is 2.76. The van der Waals surface area contributed by atoms with Crippen LogP contribution in [0.4, 0.5) is 0 Å². The van der Waals surface area contributed by atoms with E-state index in [-0.39, 0.29) is 5.92 Å². The maximum atomic E-state index is 11.7. The molecule has 0 radical (unpaired) electrons. The molecule has 114 valence electrons. The molecule has 1 aliphatic carbocycles. The molecule has 4 nitrogen and oxygen atoms in total.